The molecule has 0 atom stereocenters. The molecule has 1 saturated carbocycles. The number of nitrogens with two attached hydrogens (primary N) is 1. The van der Waals surface area contributed by atoms with Gasteiger partial charge >= 0.3 is 0 Å². The zero-order chi connectivity index (χ0) is 10.8. The zero-order valence-corrected chi connectivity index (χ0v) is 9.59. The molecule has 1 aliphatic carbocycles. The predicted molar refractivity (Wildman–Crippen MR) is 60.6 cm³/mol. The second-order valence-corrected chi connectivity index (χ2v) is 4.96. The second kappa shape index (κ2) is 4.18. The van der Waals surface area contributed by atoms with Crippen molar-refractivity contribution in [3.8, 4) is 0 Å². The summed E-state index contributed by atoms with van der Waals surface area (Å²) in [5, 5.41) is 2.38. The van der Waals surface area contributed by atoms with Crippen LogP contribution < -0.4 is 5.73 Å². The smallest absolute Gasteiger partial charge is 0.228 e. The van der Waals surface area contributed by atoms with E-state index in [1.165, 1.54) is 24.2 Å². The van der Waals surface area contributed by atoms with E-state index in [9.17, 15) is 4.79 Å². The summed E-state index contributed by atoms with van der Waals surface area (Å²) in [4.78, 5) is 17.6. The minimum Gasteiger partial charge on any atom is -0.375 e. The van der Waals surface area contributed by atoms with Crippen LogP contribution in [0.25, 0.3) is 0 Å². The maximum Gasteiger partial charge on any atom is 0.228 e. The summed E-state index contributed by atoms with van der Waals surface area (Å²) >= 11 is 1.38. The Bertz CT molecular complexity index is 359. The molecule has 1 aromatic heterocycles. The van der Waals surface area contributed by atoms with E-state index in [1.807, 2.05) is 12.4 Å². The lowest BCUT2D eigenvalue weighted by Crippen LogP contribution is -2.30. The van der Waals surface area contributed by atoms with Gasteiger partial charge in [-0.3, -0.25) is 4.79 Å². The molecule has 0 saturated heterocycles. The quantitative estimate of drug-likeness (QED) is 0.835. The molecular weight excluding hydrogens is 210 g/mol. The number of hydrogen-bond donors (Lipinski definition) is 1. The first kappa shape index (κ1) is 10.4. The summed E-state index contributed by atoms with van der Waals surface area (Å²) in [6.45, 7) is 0.887. The van der Waals surface area contributed by atoms with E-state index in [0.717, 1.165) is 18.2 Å². The van der Waals surface area contributed by atoms with E-state index in [-0.39, 0.29) is 5.91 Å². The average molecular weight is 225 g/mol. The number of carbonyl (C=O) groups is 1. The van der Waals surface area contributed by atoms with Gasteiger partial charge in [0.1, 0.15) is 0 Å². The van der Waals surface area contributed by atoms with Gasteiger partial charge in [0.15, 0.2) is 5.13 Å². The van der Waals surface area contributed by atoms with Gasteiger partial charge in [0.25, 0.3) is 0 Å². The first-order valence-electron chi connectivity index (χ1n) is 5.09. The number of carbonyl (C=O) groups excluding carboxylic acids is 1. The van der Waals surface area contributed by atoms with Gasteiger partial charge < -0.3 is 10.6 Å². The molecule has 0 bridgehead atoms. The maximum atomic E-state index is 11.7. The van der Waals surface area contributed by atoms with Gasteiger partial charge in [-0.2, -0.15) is 0 Å². The van der Waals surface area contributed by atoms with Gasteiger partial charge in [0.2, 0.25) is 5.91 Å². The molecule has 0 aromatic carbocycles. The van der Waals surface area contributed by atoms with Crippen LogP contribution >= 0.6 is 11.3 Å². The van der Waals surface area contributed by atoms with E-state index in [1.54, 1.807) is 4.90 Å². The van der Waals surface area contributed by atoms with Gasteiger partial charge in [0.05, 0.1) is 12.1 Å². The van der Waals surface area contributed by atoms with Crippen LogP contribution in [0, 0.1) is 5.92 Å². The highest BCUT2D eigenvalue weighted by Crippen LogP contribution is 2.29. The Labute approximate surface area is 93.1 Å². The molecule has 4 nitrogen and oxygen atoms in total. The molecule has 2 N–H and O–H groups in total. The summed E-state index contributed by atoms with van der Waals surface area (Å²) in [6, 6.07) is 0. The monoisotopic (exact) mass is 225 g/mol. The number of rotatable bonds is 4. The number of nitrogens with zero attached hydrogens (tertiary/aromatic N) is 2. The van der Waals surface area contributed by atoms with Crippen molar-refractivity contribution < 1.29 is 4.79 Å². The Hall–Kier alpha value is -1.10. The number of thiazole rings is 1. The Morgan fingerprint density at radius 3 is 3.00 bits per heavy atom. The standard InChI is InChI=1S/C10H15N3OS/c1-13(5-7-2-3-7)9(14)4-8-6-15-10(11)12-8/h6-7H,2-5H2,1H3,(H2,11,12). The van der Waals surface area contributed by atoms with Crippen LogP contribution in [0.4, 0.5) is 5.13 Å². The van der Waals surface area contributed by atoms with Crippen molar-refractivity contribution in [2.75, 3.05) is 19.3 Å². The molecule has 0 unspecified atom stereocenters. The Morgan fingerprint density at radius 2 is 2.47 bits per heavy atom. The Balaban J connectivity index is 1.85. The van der Waals surface area contributed by atoms with E-state index in [4.69, 9.17) is 5.73 Å². The number of amides is 1. The van der Waals surface area contributed by atoms with Crippen LogP contribution in [0.3, 0.4) is 0 Å². The zero-order valence-electron chi connectivity index (χ0n) is 8.77. The molecule has 15 heavy (non-hydrogen) atoms. The van der Waals surface area contributed by atoms with Crippen LogP contribution in [0.1, 0.15) is 18.5 Å². The molecule has 5 heteroatoms. The fourth-order valence-corrected chi connectivity index (χ4v) is 2.05. The van der Waals surface area contributed by atoms with Gasteiger partial charge in [-0.25, -0.2) is 4.98 Å². The van der Waals surface area contributed by atoms with Crippen molar-refractivity contribution in [2.24, 2.45) is 5.92 Å². The molecule has 0 spiro atoms. The molecule has 0 radical (unpaired) electrons. The van der Waals surface area contributed by atoms with Crippen LogP contribution in [0.15, 0.2) is 5.38 Å². The number of hydrogen-bond acceptors (Lipinski definition) is 4. The lowest BCUT2D eigenvalue weighted by Gasteiger charge is -2.15. The summed E-state index contributed by atoms with van der Waals surface area (Å²) in [7, 11) is 1.86. The van der Waals surface area contributed by atoms with Gasteiger partial charge in [-0.05, 0) is 18.8 Å². The summed E-state index contributed by atoms with van der Waals surface area (Å²) in [6.07, 6.45) is 2.90. The van der Waals surface area contributed by atoms with Crippen LogP contribution in [-0.4, -0.2) is 29.4 Å². The largest absolute Gasteiger partial charge is 0.375 e. The average Bonchev–Trinajstić information content (AvgIpc) is 2.90. The molecule has 1 fully saturated rings. The maximum absolute atomic E-state index is 11.7. The van der Waals surface area contributed by atoms with Crippen molar-refractivity contribution in [3.05, 3.63) is 11.1 Å². The normalized spacial score (nSPS) is 15.3. The van der Waals surface area contributed by atoms with Crippen molar-refractivity contribution in [3.63, 3.8) is 0 Å². The highest BCUT2D eigenvalue weighted by atomic mass is 32.1. The minimum absolute atomic E-state index is 0.132. The number of nitrogen functional groups attached to an aromatic ring is 1. The topological polar surface area (TPSA) is 59.2 Å². The molecule has 2 rings (SSSR count). The van der Waals surface area contributed by atoms with E-state index < -0.39 is 0 Å². The molecule has 1 heterocycles. The number of anilines is 1. The fraction of sp³-hybridized carbons (Fsp3) is 0.600. The second-order valence-electron chi connectivity index (χ2n) is 4.07. The summed E-state index contributed by atoms with van der Waals surface area (Å²) in [5.41, 5.74) is 6.29. The van der Waals surface area contributed by atoms with E-state index in [0.29, 0.717) is 11.6 Å². The molecule has 1 amide bonds. The Kier molecular flexibility index (Phi) is 2.90. The van der Waals surface area contributed by atoms with Crippen LogP contribution in [0.5, 0.6) is 0 Å². The molecular formula is C10H15N3OS. The molecule has 1 aliphatic rings. The number of aromatic nitrogens is 1. The van der Waals surface area contributed by atoms with Crippen LogP contribution in [0.2, 0.25) is 0 Å². The number of likely N-dealkylation sites (N-methyl/N-ethyl adjacent to an activating group) is 1. The fourth-order valence-electron chi connectivity index (χ4n) is 1.48. The van der Waals surface area contributed by atoms with E-state index in [2.05, 4.69) is 4.98 Å². The molecule has 0 aliphatic heterocycles. The molecule has 1 aromatic rings. The minimum atomic E-state index is 0.132. The first-order valence-corrected chi connectivity index (χ1v) is 5.97. The Morgan fingerprint density at radius 1 is 1.73 bits per heavy atom. The van der Waals surface area contributed by atoms with Crippen LogP contribution in [-0.2, 0) is 11.2 Å². The third-order valence-electron chi connectivity index (χ3n) is 2.56. The lowest BCUT2D eigenvalue weighted by atomic mass is 10.3. The molecule has 82 valence electrons. The highest BCUT2D eigenvalue weighted by Gasteiger charge is 2.24. The SMILES string of the molecule is CN(CC1CC1)C(=O)Cc1csc(N)n1. The predicted octanol–water partition coefficient (Wildman–Crippen LogP) is 1.14. The van der Waals surface area contributed by atoms with Gasteiger partial charge in [-0.15, -0.1) is 11.3 Å². The van der Waals surface area contributed by atoms with Gasteiger partial charge in [-0.1, -0.05) is 0 Å². The first-order chi connectivity index (χ1) is 7.15. The van der Waals surface area contributed by atoms with Crippen molar-refractivity contribution in [2.45, 2.75) is 19.3 Å². The third-order valence-corrected chi connectivity index (χ3v) is 3.28. The van der Waals surface area contributed by atoms with Crippen molar-refractivity contribution >= 4 is 22.4 Å². The van der Waals surface area contributed by atoms with Crippen molar-refractivity contribution in [1.82, 2.24) is 9.88 Å². The summed E-state index contributed by atoms with van der Waals surface area (Å²) < 4.78 is 0. The van der Waals surface area contributed by atoms with Gasteiger partial charge in [0, 0.05) is 19.0 Å². The summed E-state index contributed by atoms with van der Waals surface area (Å²) in [5.74, 6) is 0.867. The highest BCUT2D eigenvalue weighted by molar-refractivity contribution is 7.13. The van der Waals surface area contributed by atoms with Crippen molar-refractivity contribution in [1.29, 1.82) is 0 Å². The van der Waals surface area contributed by atoms with E-state index >= 15 is 0 Å². The lowest BCUT2D eigenvalue weighted by molar-refractivity contribution is -0.129. The third kappa shape index (κ3) is 2.92.